The molecule has 0 saturated carbocycles. The average Bonchev–Trinajstić information content (AvgIpc) is 3.29. The van der Waals surface area contributed by atoms with E-state index in [4.69, 9.17) is 0 Å². The molecule has 0 fully saturated rings. The monoisotopic (exact) mass is 440 g/mol. The minimum absolute atomic E-state index is 0.0741. The van der Waals surface area contributed by atoms with Crippen molar-refractivity contribution in [2.75, 3.05) is 13.6 Å². The molecule has 2 heterocycles. The van der Waals surface area contributed by atoms with Crippen molar-refractivity contribution in [3.8, 4) is 0 Å². The van der Waals surface area contributed by atoms with Gasteiger partial charge in [-0.05, 0) is 42.7 Å². The van der Waals surface area contributed by atoms with Gasteiger partial charge in [-0.25, -0.2) is 0 Å². The highest BCUT2D eigenvalue weighted by atomic mass is 16.2. The summed E-state index contributed by atoms with van der Waals surface area (Å²) in [5, 5.41) is 3.92. The fourth-order valence-corrected chi connectivity index (χ4v) is 4.08. The first kappa shape index (κ1) is 22.3. The summed E-state index contributed by atoms with van der Waals surface area (Å²) in [6.45, 7) is 0.535. The van der Waals surface area contributed by atoms with Gasteiger partial charge in [-0.3, -0.25) is 14.6 Å². The summed E-state index contributed by atoms with van der Waals surface area (Å²) < 4.78 is 1.80. The van der Waals surface area contributed by atoms with E-state index in [1.165, 1.54) is 0 Å². The highest BCUT2D eigenvalue weighted by Gasteiger charge is 2.23. The summed E-state index contributed by atoms with van der Waals surface area (Å²) in [4.78, 5) is 31.9. The molecule has 2 amide bonds. The highest BCUT2D eigenvalue weighted by molar-refractivity contribution is 5.97. The molecular formula is C27H28N4O2. The van der Waals surface area contributed by atoms with Crippen LogP contribution in [0.4, 0.5) is 0 Å². The van der Waals surface area contributed by atoms with Crippen LogP contribution in [0.5, 0.6) is 0 Å². The van der Waals surface area contributed by atoms with Crippen LogP contribution in [0.2, 0.25) is 0 Å². The van der Waals surface area contributed by atoms with Gasteiger partial charge >= 0.3 is 0 Å². The van der Waals surface area contributed by atoms with Gasteiger partial charge in [0.2, 0.25) is 0 Å². The maximum atomic E-state index is 13.4. The van der Waals surface area contributed by atoms with Crippen LogP contribution in [0.1, 0.15) is 45.3 Å². The maximum Gasteiger partial charge on any atom is 0.267 e. The lowest BCUT2D eigenvalue weighted by Crippen LogP contribution is -2.32. The van der Waals surface area contributed by atoms with Gasteiger partial charge in [0.15, 0.2) is 0 Å². The second kappa shape index (κ2) is 10.1. The Morgan fingerprint density at radius 1 is 1.03 bits per heavy atom. The van der Waals surface area contributed by atoms with Crippen molar-refractivity contribution in [1.29, 1.82) is 0 Å². The molecule has 2 aromatic heterocycles. The molecule has 4 aromatic rings. The van der Waals surface area contributed by atoms with E-state index in [-0.39, 0.29) is 17.9 Å². The molecule has 0 aliphatic heterocycles. The molecular weight excluding hydrogens is 412 g/mol. The van der Waals surface area contributed by atoms with Crippen LogP contribution in [-0.2, 0) is 7.05 Å². The van der Waals surface area contributed by atoms with Crippen LogP contribution in [0, 0.1) is 0 Å². The largest absolute Gasteiger partial charge is 0.351 e. The molecule has 0 radical (unpaired) electrons. The summed E-state index contributed by atoms with van der Waals surface area (Å²) in [7, 11) is 3.68. The van der Waals surface area contributed by atoms with Crippen LogP contribution in [-0.4, -0.2) is 39.9 Å². The van der Waals surface area contributed by atoms with E-state index < -0.39 is 0 Å². The minimum Gasteiger partial charge on any atom is -0.351 e. The molecule has 1 N–H and O–H groups in total. The second-order valence-corrected chi connectivity index (χ2v) is 8.16. The zero-order chi connectivity index (χ0) is 23.2. The lowest BCUT2D eigenvalue weighted by molar-refractivity contribution is 0.0718. The molecule has 168 valence electrons. The smallest absolute Gasteiger partial charge is 0.267 e. The molecule has 1 unspecified atom stereocenters. The third-order valence-corrected chi connectivity index (χ3v) is 5.93. The molecule has 6 nitrogen and oxygen atoms in total. The first-order valence-electron chi connectivity index (χ1n) is 11.1. The Kier molecular flexibility index (Phi) is 6.83. The van der Waals surface area contributed by atoms with Gasteiger partial charge in [-0.1, -0.05) is 48.5 Å². The number of amides is 2. The third kappa shape index (κ3) is 5.12. The third-order valence-electron chi connectivity index (χ3n) is 5.93. The zero-order valence-corrected chi connectivity index (χ0v) is 18.9. The Balaban J connectivity index is 1.46. The number of benzene rings is 2. The maximum absolute atomic E-state index is 13.4. The molecule has 2 aromatic carbocycles. The van der Waals surface area contributed by atoms with E-state index in [2.05, 4.69) is 10.3 Å². The van der Waals surface area contributed by atoms with E-state index in [9.17, 15) is 9.59 Å². The summed E-state index contributed by atoms with van der Waals surface area (Å²) in [5.74, 6) is -0.166. The summed E-state index contributed by atoms with van der Waals surface area (Å²) in [6.07, 6.45) is 4.95. The molecule has 1 atom stereocenters. The fraction of sp³-hybridized carbons (Fsp3) is 0.222. The Bertz CT molecular complexity index is 1250. The number of fused-ring (bicyclic) bond motifs is 1. The van der Waals surface area contributed by atoms with Crippen molar-refractivity contribution >= 4 is 22.7 Å². The minimum atomic E-state index is -0.114. The Morgan fingerprint density at radius 3 is 2.55 bits per heavy atom. The lowest BCUT2D eigenvalue weighted by Gasteiger charge is -2.29. The van der Waals surface area contributed by atoms with Gasteiger partial charge in [0.25, 0.3) is 11.8 Å². The number of aromatic nitrogens is 2. The van der Waals surface area contributed by atoms with E-state index in [1.54, 1.807) is 21.7 Å². The molecule has 33 heavy (non-hydrogen) atoms. The topological polar surface area (TPSA) is 67.2 Å². The number of nitrogens with zero attached hydrogens (tertiary/aromatic N) is 3. The summed E-state index contributed by atoms with van der Waals surface area (Å²) >= 11 is 0. The Hall–Kier alpha value is -3.93. The first-order valence-corrected chi connectivity index (χ1v) is 11.1. The number of carbonyl (C=O) groups excluding carboxylic acids is 2. The quantitative estimate of drug-likeness (QED) is 0.407. The van der Waals surface area contributed by atoms with Gasteiger partial charge in [0, 0.05) is 38.4 Å². The van der Waals surface area contributed by atoms with Crippen LogP contribution in [0.25, 0.3) is 10.9 Å². The molecule has 0 aliphatic carbocycles. The fourth-order valence-electron chi connectivity index (χ4n) is 4.08. The standard InChI is InChI=1S/C27H28N4O2/c1-30-17-9-15-25(30)26(32)28-16-8-14-24(20-10-4-3-5-11-20)31(2)27(33)22-18-21-12-6-7-13-23(21)29-19-22/h3-7,9-13,15,17-19,24H,8,14,16H2,1-2H3,(H,28,32). The number of rotatable bonds is 8. The van der Waals surface area contributed by atoms with Crippen LogP contribution >= 0.6 is 0 Å². The normalized spacial score (nSPS) is 11.8. The highest BCUT2D eigenvalue weighted by Crippen LogP contribution is 2.26. The predicted molar refractivity (Wildman–Crippen MR) is 130 cm³/mol. The van der Waals surface area contributed by atoms with Crippen LogP contribution in [0.15, 0.2) is 85.2 Å². The Labute approximate surface area is 193 Å². The van der Waals surface area contributed by atoms with Gasteiger partial charge in [-0.15, -0.1) is 0 Å². The summed E-state index contributed by atoms with van der Waals surface area (Å²) in [6, 6.07) is 23.2. The first-order chi connectivity index (χ1) is 16.0. The molecule has 0 aliphatic rings. The number of aryl methyl sites for hydroxylation is 1. The number of nitrogens with one attached hydrogen (secondary N) is 1. The molecule has 0 bridgehead atoms. The van der Waals surface area contributed by atoms with Gasteiger partial charge in [0.05, 0.1) is 17.1 Å². The predicted octanol–water partition coefficient (Wildman–Crippen LogP) is 4.60. The zero-order valence-electron chi connectivity index (χ0n) is 18.9. The summed E-state index contributed by atoms with van der Waals surface area (Å²) in [5.41, 5.74) is 3.13. The SMILES string of the molecule is CN(C(=O)c1cnc2ccccc2c1)C(CCCNC(=O)c1cccn1C)c1ccccc1. The van der Waals surface area contributed by atoms with E-state index >= 15 is 0 Å². The Morgan fingerprint density at radius 2 is 1.79 bits per heavy atom. The van der Waals surface area contributed by atoms with Gasteiger partial charge < -0.3 is 14.8 Å². The van der Waals surface area contributed by atoms with E-state index in [0.717, 1.165) is 29.3 Å². The number of hydrogen-bond donors (Lipinski definition) is 1. The van der Waals surface area contributed by atoms with E-state index in [0.29, 0.717) is 17.8 Å². The molecule has 0 spiro atoms. The van der Waals surface area contributed by atoms with Crippen molar-refractivity contribution < 1.29 is 9.59 Å². The van der Waals surface area contributed by atoms with Crippen molar-refractivity contribution in [3.05, 3.63) is 102 Å². The van der Waals surface area contributed by atoms with E-state index in [1.807, 2.05) is 87.0 Å². The van der Waals surface area contributed by atoms with Crippen molar-refractivity contribution in [1.82, 2.24) is 19.8 Å². The lowest BCUT2D eigenvalue weighted by atomic mass is 9.99. The van der Waals surface area contributed by atoms with Crippen LogP contribution in [0.3, 0.4) is 0 Å². The second-order valence-electron chi connectivity index (χ2n) is 8.16. The van der Waals surface area contributed by atoms with Crippen molar-refractivity contribution in [2.24, 2.45) is 7.05 Å². The van der Waals surface area contributed by atoms with Gasteiger partial charge in [0.1, 0.15) is 5.69 Å². The number of para-hydroxylation sites is 1. The number of carbonyl (C=O) groups is 2. The number of hydrogen-bond acceptors (Lipinski definition) is 3. The average molecular weight is 441 g/mol. The van der Waals surface area contributed by atoms with Crippen LogP contribution < -0.4 is 5.32 Å². The number of pyridine rings is 1. The molecule has 6 heteroatoms. The van der Waals surface area contributed by atoms with Gasteiger partial charge in [-0.2, -0.15) is 0 Å². The van der Waals surface area contributed by atoms with Crippen molar-refractivity contribution in [3.63, 3.8) is 0 Å². The molecule has 0 saturated heterocycles. The van der Waals surface area contributed by atoms with Crippen molar-refractivity contribution in [2.45, 2.75) is 18.9 Å². The molecule has 4 rings (SSSR count).